The van der Waals surface area contributed by atoms with Crippen molar-refractivity contribution in [2.45, 2.75) is 45.7 Å². The molecule has 0 atom stereocenters. The van der Waals surface area contributed by atoms with Crippen molar-refractivity contribution in [1.29, 1.82) is 0 Å². The summed E-state index contributed by atoms with van der Waals surface area (Å²) < 4.78 is 16.6. The van der Waals surface area contributed by atoms with Gasteiger partial charge in [-0.2, -0.15) is 0 Å². The van der Waals surface area contributed by atoms with Gasteiger partial charge < -0.3 is 19.5 Å². The van der Waals surface area contributed by atoms with Crippen molar-refractivity contribution in [3.8, 4) is 11.5 Å². The first-order valence-corrected chi connectivity index (χ1v) is 7.60. The van der Waals surface area contributed by atoms with E-state index >= 15 is 0 Å². The van der Waals surface area contributed by atoms with Crippen molar-refractivity contribution in [3.63, 3.8) is 0 Å². The van der Waals surface area contributed by atoms with E-state index in [0.29, 0.717) is 6.79 Å². The quantitative estimate of drug-likeness (QED) is 0.589. The fourth-order valence-electron chi connectivity index (χ4n) is 1.91. The average Bonchev–Trinajstić information content (AvgIpc) is 3.25. The van der Waals surface area contributed by atoms with Crippen molar-refractivity contribution in [2.24, 2.45) is 5.92 Å². The van der Waals surface area contributed by atoms with Gasteiger partial charge in [-0.05, 0) is 45.6 Å². The van der Waals surface area contributed by atoms with Gasteiger partial charge in [-0.15, -0.1) is 0 Å². The lowest BCUT2D eigenvalue weighted by atomic mass is 10.1. The smallest absolute Gasteiger partial charge is 0.189 e. The average molecular weight is 293 g/mol. The van der Waals surface area contributed by atoms with E-state index in [1.54, 1.807) is 7.11 Å². The molecule has 0 unspecified atom stereocenters. The Bertz CT molecular complexity index is 450. The Morgan fingerprint density at radius 1 is 1.24 bits per heavy atom. The molecular formula is C17H27NO3. The Labute approximate surface area is 127 Å². The van der Waals surface area contributed by atoms with E-state index in [9.17, 15) is 0 Å². The highest BCUT2D eigenvalue weighted by Gasteiger charge is 2.21. The molecule has 1 aromatic carbocycles. The topological polar surface area (TPSA) is 39.7 Å². The lowest BCUT2D eigenvalue weighted by molar-refractivity contribution is 0.00929. The molecule has 0 radical (unpaired) electrons. The second-order valence-electron chi connectivity index (χ2n) is 6.65. The zero-order valence-electron chi connectivity index (χ0n) is 13.6. The third kappa shape index (κ3) is 5.94. The highest BCUT2D eigenvalue weighted by atomic mass is 16.7. The second kappa shape index (κ2) is 7.14. The Balaban J connectivity index is 1.92. The van der Waals surface area contributed by atoms with Crippen LogP contribution in [0.4, 0.5) is 0 Å². The highest BCUT2D eigenvalue weighted by Crippen LogP contribution is 2.29. The molecule has 1 saturated carbocycles. The van der Waals surface area contributed by atoms with Gasteiger partial charge in [0.25, 0.3) is 0 Å². The molecule has 4 heteroatoms. The van der Waals surface area contributed by atoms with Gasteiger partial charge in [0.05, 0.1) is 13.7 Å². The lowest BCUT2D eigenvalue weighted by Gasteiger charge is -2.22. The lowest BCUT2D eigenvalue weighted by Crippen LogP contribution is -2.35. The van der Waals surface area contributed by atoms with Crippen LogP contribution in [0.25, 0.3) is 0 Å². The first kappa shape index (κ1) is 16.1. The summed E-state index contributed by atoms with van der Waals surface area (Å²) in [5, 5.41) is 3.47. The number of methoxy groups -OCH3 is 1. The predicted octanol–water partition coefficient (Wildman–Crippen LogP) is 3.35. The van der Waals surface area contributed by atoms with Gasteiger partial charge in [-0.3, -0.25) is 0 Å². The highest BCUT2D eigenvalue weighted by molar-refractivity contribution is 5.40. The molecule has 1 aliphatic carbocycles. The normalized spacial score (nSPS) is 15.0. The van der Waals surface area contributed by atoms with E-state index in [0.717, 1.165) is 36.1 Å². The molecule has 1 fully saturated rings. The van der Waals surface area contributed by atoms with Crippen LogP contribution in [0.3, 0.4) is 0 Å². The Morgan fingerprint density at radius 2 is 2.00 bits per heavy atom. The molecule has 1 aromatic rings. The van der Waals surface area contributed by atoms with Crippen LogP contribution in [0.1, 0.15) is 39.2 Å². The van der Waals surface area contributed by atoms with Gasteiger partial charge in [-0.25, -0.2) is 0 Å². The minimum Gasteiger partial charge on any atom is -0.497 e. The summed E-state index contributed by atoms with van der Waals surface area (Å²) in [6, 6.07) is 5.91. The number of nitrogens with one attached hydrogen (secondary N) is 1. The number of ether oxygens (including phenoxy) is 3. The van der Waals surface area contributed by atoms with Crippen molar-refractivity contribution in [2.75, 3.05) is 20.5 Å². The van der Waals surface area contributed by atoms with Crippen LogP contribution in [-0.4, -0.2) is 26.0 Å². The Kier molecular flexibility index (Phi) is 5.48. The first-order valence-electron chi connectivity index (χ1n) is 7.60. The predicted molar refractivity (Wildman–Crippen MR) is 83.8 cm³/mol. The van der Waals surface area contributed by atoms with Gasteiger partial charge in [0.15, 0.2) is 6.79 Å². The van der Waals surface area contributed by atoms with Crippen LogP contribution in [-0.2, 0) is 11.3 Å². The van der Waals surface area contributed by atoms with Gasteiger partial charge in [0.2, 0.25) is 0 Å². The Morgan fingerprint density at radius 3 is 2.62 bits per heavy atom. The molecule has 21 heavy (non-hydrogen) atoms. The molecule has 1 aliphatic rings. The first-order chi connectivity index (χ1) is 9.98. The number of rotatable bonds is 8. The molecule has 1 N–H and O–H groups in total. The van der Waals surface area contributed by atoms with Crippen LogP contribution in [0, 0.1) is 5.92 Å². The maximum absolute atomic E-state index is 5.78. The van der Waals surface area contributed by atoms with E-state index in [4.69, 9.17) is 14.2 Å². The van der Waals surface area contributed by atoms with Gasteiger partial charge in [0.1, 0.15) is 11.5 Å². The molecular weight excluding hydrogens is 266 g/mol. The van der Waals surface area contributed by atoms with Crippen molar-refractivity contribution < 1.29 is 14.2 Å². The SMILES string of the molecule is COc1ccc(CNC(C)(C)C)c(OCOCC2CC2)c1. The molecule has 4 nitrogen and oxygen atoms in total. The maximum Gasteiger partial charge on any atom is 0.189 e. The summed E-state index contributed by atoms with van der Waals surface area (Å²) in [6.45, 7) is 8.30. The van der Waals surface area contributed by atoms with E-state index < -0.39 is 0 Å². The fourth-order valence-corrected chi connectivity index (χ4v) is 1.91. The molecule has 0 aliphatic heterocycles. The summed E-state index contributed by atoms with van der Waals surface area (Å²) in [5.41, 5.74) is 1.18. The second-order valence-corrected chi connectivity index (χ2v) is 6.65. The summed E-state index contributed by atoms with van der Waals surface area (Å²) in [6.07, 6.45) is 2.58. The third-order valence-corrected chi connectivity index (χ3v) is 3.43. The number of hydrogen-bond acceptors (Lipinski definition) is 4. The van der Waals surface area contributed by atoms with Crippen LogP contribution >= 0.6 is 0 Å². The van der Waals surface area contributed by atoms with E-state index in [-0.39, 0.29) is 5.54 Å². The summed E-state index contributed by atoms with van der Waals surface area (Å²) in [5.74, 6) is 2.37. The van der Waals surface area contributed by atoms with Crippen LogP contribution < -0.4 is 14.8 Å². The molecule has 0 bridgehead atoms. The molecule has 0 aromatic heterocycles. The number of hydrogen-bond donors (Lipinski definition) is 1. The standard InChI is InChI=1S/C17H27NO3/c1-17(2,3)18-10-14-7-8-15(19-4)9-16(14)21-12-20-11-13-5-6-13/h7-9,13,18H,5-6,10-12H2,1-4H3. The molecule has 0 amide bonds. The number of benzene rings is 1. The molecule has 118 valence electrons. The largest absolute Gasteiger partial charge is 0.497 e. The summed E-state index contributed by atoms with van der Waals surface area (Å²) in [7, 11) is 1.66. The molecule has 0 saturated heterocycles. The van der Waals surface area contributed by atoms with Crippen molar-refractivity contribution in [1.82, 2.24) is 5.32 Å². The van der Waals surface area contributed by atoms with Crippen molar-refractivity contribution in [3.05, 3.63) is 23.8 Å². The van der Waals surface area contributed by atoms with Gasteiger partial charge in [-0.1, -0.05) is 6.07 Å². The Hall–Kier alpha value is -1.26. The van der Waals surface area contributed by atoms with E-state index in [1.807, 2.05) is 18.2 Å². The van der Waals surface area contributed by atoms with E-state index in [1.165, 1.54) is 12.8 Å². The van der Waals surface area contributed by atoms with E-state index in [2.05, 4.69) is 26.1 Å². The summed E-state index contributed by atoms with van der Waals surface area (Å²) >= 11 is 0. The van der Waals surface area contributed by atoms with Gasteiger partial charge in [0, 0.05) is 23.7 Å². The zero-order chi connectivity index (χ0) is 15.3. The van der Waals surface area contributed by atoms with Crippen LogP contribution in [0.2, 0.25) is 0 Å². The fraction of sp³-hybridized carbons (Fsp3) is 0.647. The molecule has 2 rings (SSSR count). The third-order valence-electron chi connectivity index (χ3n) is 3.43. The molecule has 0 heterocycles. The monoisotopic (exact) mass is 293 g/mol. The molecule has 0 spiro atoms. The van der Waals surface area contributed by atoms with Crippen LogP contribution in [0.5, 0.6) is 11.5 Å². The van der Waals surface area contributed by atoms with Gasteiger partial charge >= 0.3 is 0 Å². The maximum atomic E-state index is 5.78. The summed E-state index contributed by atoms with van der Waals surface area (Å²) in [4.78, 5) is 0. The van der Waals surface area contributed by atoms with Crippen LogP contribution in [0.15, 0.2) is 18.2 Å². The zero-order valence-corrected chi connectivity index (χ0v) is 13.6. The van der Waals surface area contributed by atoms with Crippen molar-refractivity contribution >= 4 is 0 Å². The minimum absolute atomic E-state index is 0.0691. The minimum atomic E-state index is 0.0691.